The van der Waals surface area contributed by atoms with Crippen LogP contribution in [0.5, 0.6) is 5.88 Å². The van der Waals surface area contributed by atoms with Crippen molar-refractivity contribution in [3.05, 3.63) is 41.1 Å². The number of fused-ring (bicyclic) bond motifs is 2. The third-order valence-electron chi connectivity index (χ3n) is 5.48. The molecule has 0 bridgehead atoms. The largest absolute Gasteiger partial charge is 0.480 e. The van der Waals surface area contributed by atoms with E-state index in [2.05, 4.69) is 20.9 Å². The van der Waals surface area contributed by atoms with Gasteiger partial charge in [0, 0.05) is 30.9 Å². The van der Waals surface area contributed by atoms with Crippen LogP contribution >= 0.6 is 0 Å². The Bertz CT molecular complexity index is 855. The van der Waals surface area contributed by atoms with Crippen molar-refractivity contribution < 1.29 is 4.74 Å². The summed E-state index contributed by atoms with van der Waals surface area (Å²) >= 11 is 0. The second-order valence-corrected chi connectivity index (χ2v) is 6.92. The smallest absolute Gasteiger partial charge is 0.233 e. The number of ether oxygens (including phenoxy) is 1. The van der Waals surface area contributed by atoms with Crippen LogP contribution in [-0.2, 0) is 11.8 Å². The number of aromatic nitrogens is 3. The number of hydrogen-bond acceptors (Lipinski definition) is 6. The van der Waals surface area contributed by atoms with Gasteiger partial charge < -0.3 is 9.64 Å². The molecule has 2 aromatic rings. The van der Waals surface area contributed by atoms with Gasteiger partial charge in [-0.15, -0.1) is 0 Å². The summed E-state index contributed by atoms with van der Waals surface area (Å²) in [7, 11) is 1.55. The monoisotopic (exact) mass is 335 g/mol. The molecule has 0 N–H and O–H groups in total. The summed E-state index contributed by atoms with van der Waals surface area (Å²) < 4.78 is 5.28. The van der Waals surface area contributed by atoms with Crippen molar-refractivity contribution in [1.29, 1.82) is 5.26 Å². The van der Waals surface area contributed by atoms with Crippen molar-refractivity contribution in [2.75, 3.05) is 25.1 Å². The van der Waals surface area contributed by atoms with E-state index in [1.165, 1.54) is 11.3 Å². The van der Waals surface area contributed by atoms with Gasteiger partial charge in [-0.3, -0.25) is 0 Å². The number of aryl methyl sites for hydroxylation is 2. The lowest BCUT2D eigenvalue weighted by molar-refractivity contribution is 0.333. The molecule has 4 rings (SSSR count). The Balaban J connectivity index is 1.73. The molecule has 2 aromatic heterocycles. The molecule has 6 nitrogen and oxygen atoms in total. The van der Waals surface area contributed by atoms with Gasteiger partial charge in [-0.25, -0.2) is 15.0 Å². The van der Waals surface area contributed by atoms with Crippen LogP contribution in [0.2, 0.25) is 0 Å². The summed E-state index contributed by atoms with van der Waals surface area (Å²) in [6, 6.07) is 4.18. The fraction of sp³-hybridized carbons (Fsp3) is 0.474. The average Bonchev–Trinajstić information content (AvgIpc) is 2.98. The topological polar surface area (TPSA) is 74.9 Å². The molecule has 2 aliphatic rings. The molecule has 1 unspecified atom stereocenters. The van der Waals surface area contributed by atoms with Crippen molar-refractivity contribution in [3.63, 3.8) is 0 Å². The van der Waals surface area contributed by atoms with Crippen LogP contribution in [0.25, 0.3) is 0 Å². The minimum absolute atomic E-state index is 0.0600. The molecule has 1 spiro atoms. The SMILES string of the molecule is COc1nccc(N2CCCC3(CCc4cnc(C)nc43)C2)c1C#N. The van der Waals surface area contributed by atoms with Gasteiger partial charge in [-0.05, 0) is 44.2 Å². The third kappa shape index (κ3) is 2.51. The lowest BCUT2D eigenvalue weighted by atomic mass is 9.77. The maximum atomic E-state index is 9.59. The minimum Gasteiger partial charge on any atom is -0.480 e. The minimum atomic E-state index is 0.0600. The highest BCUT2D eigenvalue weighted by molar-refractivity contribution is 5.63. The van der Waals surface area contributed by atoms with Crippen LogP contribution in [0.4, 0.5) is 5.69 Å². The standard InChI is InChI=1S/C19H21N5O/c1-13-22-11-14-4-7-19(17(14)23-13)6-3-9-24(12-19)16-5-8-21-18(25-2)15(16)10-20/h5,8,11H,3-4,6-7,9,12H2,1-2H3. The first-order valence-electron chi connectivity index (χ1n) is 8.68. The Labute approximate surface area is 147 Å². The lowest BCUT2D eigenvalue weighted by Gasteiger charge is -2.42. The van der Waals surface area contributed by atoms with Gasteiger partial charge in [0.2, 0.25) is 5.88 Å². The lowest BCUT2D eigenvalue weighted by Crippen LogP contribution is -2.45. The molecular formula is C19H21N5O. The van der Waals surface area contributed by atoms with Gasteiger partial charge in [-0.2, -0.15) is 5.26 Å². The highest BCUT2D eigenvalue weighted by Crippen LogP contribution is 2.45. The Morgan fingerprint density at radius 3 is 3.00 bits per heavy atom. The van der Waals surface area contributed by atoms with Gasteiger partial charge in [0.15, 0.2) is 0 Å². The highest BCUT2D eigenvalue weighted by Gasteiger charge is 2.44. The molecule has 1 aliphatic heterocycles. The summed E-state index contributed by atoms with van der Waals surface area (Å²) in [5.41, 5.74) is 3.97. The fourth-order valence-electron chi connectivity index (χ4n) is 4.32. The van der Waals surface area contributed by atoms with Crippen LogP contribution in [0.3, 0.4) is 0 Å². The van der Waals surface area contributed by atoms with Gasteiger partial charge >= 0.3 is 0 Å². The molecule has 1 saturated heterocycles. The summed E-state index contributed by atoms with van der Waals surface area (Å²) in [6.45, 7) is 3.76. The van der Waals surface area contributed by atoms with Crippen LogP contribution < -0.4 is 9.64 Å². The number of rotatable bonds is 2. The van der Waals surface area contributed by atoms with E-state index >= 15 is 0 Å². The molecule has 0 aromatic carbocycles. The van der Waals surface area contributed by atoms with Crippen LogP contribution in [0.15, 0.2) is 18.5 Å². The Kier molecular flexibility index (Phi) is 3.79. The summed E-state index contributed by atoms with van der Waals surface area (Å²) in [6.07, 6.45) is 8.05. The molecule has 25 heavy (non-hydrogen) atoms. The van der Waals surface area contributed by atoms with Crippen molar-refractivity contribution in [3.8, 4) is 11.9 Å². The summed E-state index contributed by atoms with van der Waals surface area (Å²) in [5.74, 6) is 1.23. The van der Waals surface area contributed by atoms with E-state index in [1.807, 2.05) is 19.2 Å². The molecule has 6 heteroatoms. The van der Waals surface area contributed by atoms with Crippen molar-refractivity contribution in [2.24, 2.45) is 0 Å². The van der Waals surface area contributed by atoms with E-state index in [9.17, 15) is 5.26 Å². The van der Waals surface area contributed by atoms with Gasteiger partial charge in [0.1, 0.15) is 17.5 Å². The van der Waals surface area contributed by atoms with Crippen molar-refractivity contribution >= 4 is 5.69 Å². The maximum Gasteiger partial charge on any atom is 0.233 e. The van der Waals surface area contributed by atoms with Gasteiger partial charge in [0.05, 0.1) is 18.5 Å². The molecule has 0 amide bonds. The van der Waals surface area contributed by atoms with Gasteiger partial charge in [-0.1, -0.05) is 0 Å². The Morgan fingerprint density at radius 1 is 1.32 bits per heavy atom. The van der Waals surface area contributed by atoms with Crippen LogP contribution in [-0.4, -0.2) is 35.2 Å². The molecule has 1 aliphatic carbocycles. The quantitative estimate of drug-likeness (QED) is 0.839. The zero-order valence-electron chi connectivity index (χ0n) is 14.6. The van der Waals surface area contributed by atoms with E-state index in [0.29, 0.717) is 11.4 Å². The van der Waals surface area contributed by atoms with Crippen LogP contribution in [0.1, 0.15) is 41.9 Å². The van der Waals surface area contributed by atoms with E-state index in [-0.39, 0.29) is 5.41 Å². The number of hydrogen-bond donors (Lipinski definition) is 0. The predicted molar refractivity (Wildman–Crippen MR) is 93.7 cm³/mol. The second-order valence-electron chi connectivity index (χ2n) is 6.92. The Hall–Kier alpha value is -2.68. The number of methoxy groups -OCH3 is 1. The molecule has 3 heterocycles. The maximum absolute atomic E-state index is 9.59. The zero-order chi connectivity index (χ0) is 17.4. The first-order valence-corrected chi connectivity index (χ1v) is 8.68. The highest BCUT2D eigenvalue weighted by atomic mass is 16.5. The average molecular weight is 335 g/mol. The van der Waals surface area contributed by atoms with Crippen molar-refractivity contribution in [1.82, 2.24) is 15.0 Å². The third-order valence-corrected chi connectivity index (χ3v) is 5.48. The molecule has 0 saturated carbocycles. The number of nitriles is 1. The second kappa shape index (κ2) is 5.99. The molecule has 1 fully saturated rings. The first kappa shape index (κ1) is 15.8. The number of nitrogens with zero attached hydrogens (tertiary/aromatic N) is 5. The molecular weight excluding hydrogens is 314 g/mol. The normalized spacial score (nSPS) is 21.9. The number of anilines is 1. The molecule has 1 atom stereocenters. The van der Waals surface area contributed by atoms with Crippen LogP contribution in [0, 0.1) is 18.3 Å². The predicted octanol–water partition coefficient (Wildman–Crippen LogP) is 2.54. The van der Waals surface area contributed by atoms with E-state index in [0.717, 1.165) is 50.3 Å². The fourth-order valence-corrected chi connectivity index (χ4v) is 4.32. The molecule has 0 radical (unpaired) electrons. The zero-order valence-corrected chi connectivity index (χ0v) is 14.6. The van der Waals surface area contributed by atoms with E-state index < -0.39 is 0 Å². The number of piperidine rings is 1. The molecule has 128 valence electrons. The Morgan fingerprint density at radius 2 is 2.20 bits per heavy atom. The van der Waals surface area contributed by atoms with Gasteiger partial charge in [0.25, 0.3) is 0 Å². The van der Waals surface area contributed by atoms with E-state index in [4.69, 9.17) is 9.72 Å². The van der Waals surface area contributed by atoms with E-state index in [1.54, 1.807) is 13.3 Å². The van der Waals surface area contributed by atoms with Crippen molar-refractivity contribution in [2.45, 2.75) is 38.0 Å². The summed E-state index contributed by atoms with van der Waals surface area (Å²) in [5, 5.41) is 9.59. The summed E-state index contributed by atoms with van der Waals surface area (Å²) in [4.78, 5) is 15.6. The first-order chi connectivity index (χ1) is 12.2. The number of pyridine rings is 1.